The summed E-state index contributed by atoms with van der Waals surface area (Å²) >= 11 is 0. The van der Waals surface area contributed by atoms with E-state index in [0.717, 1.165) is 0 Å². The largest absolute Gasteiger partial charge is 0.672 e. The first-order chi connectivity index (χ1) is 6.15. The molecule has 0 aromatic heterocycles. The summed E-state index contributed by atoms with van der Waals surface area (Å²) in [5.41, 5.74) is 0. The van der Waals surface area contributed by atoms with Crippen LogP contribution in [0.3, 0.4) is 0 Å². The first-order valence-electron chi connectivity index (χ1n) is 4.22. The summed E-state index contributed by atoms with van der Waals surface area (Å²) in [7, 11) is 0.286. The fourth-order valence-electron chi connectivity index (χ4n) is 0.700. The molecule has 2 unspecified atom stereocenters. The quantitative estimate of drug-likeness (QED) is 0.573. The smallest absolute Gasteiger partial charge is 0.385 e. The highest BCUT2D eigenvalue weighted by atomic mass is 19.3. The molecule has 0 amide bonds. The van der Waals surface area contributed by atoms with Crippen molar-refractivity contribution >= 4 is 7.32 Å². The molecule has 0 aliphatic rings. The monoisotopic (exact) mass is 194 g/mol. The van der Waals surface area contributed by atoms with Crippen molar-refractivity contribution < 1.29 is 23.4 Å². The van der Waals surface area contributed by atoms with E-state index in [-0.39, 0.29) is 12.2 Å². The van der Waals surface area contributed by atoms with E-state index in [1.54, 1.807) is 21.0 Å². The lowest BCUT2D eigenvalue weighted by Crippen LogP contribution is -2.35. The van der Waals surface area contributed by atoms with Crippen LogP contribution in [0.2, 0.25) is 0 Å². The van der Waals surface area contributed by atoms with Gasteiger partial charge in [-0.1, -0.05) is 4.53 Å². The van der Waals surface area contributed by atoms with E-state index < -0.39 is 7.32 Å². The van der Waals surface area contributed by atoms with E-state index in [1.165, 1.54) is 0 Å². The van der Waals surface area contributed by atoms with E-state index in [9.17, 15) is 4.53 Å². The highest BCUT2D eigenvalue weighted by Gasteiger charge is 2.27. The minimum Gasteiger partial charge on any atom is -0.385 e. The third-order valence-corrected chi connectivity index (χ3v) is 1.73. The van der Waals surface area contributed by atoms with Gasteiger partial charge in [0.2, 0.25) is 0 Å². The summed E-state index contributed by atoms with van der Waals surface area (Å²) in [6.45, 7) is 5.60. The zero-order chi connectivity index (χ0) is 10.3. The predicted octanol–water partition coefficient (Wildman–Crippen LogP) is 1.35. The molecule has 4 nitrogen and oxygen atoms in total. The second-order valence-electron chi connectivity index (χ2n) is 2.62. The Morgan fingerprint density at radius 2 is 1.92 bits per heavy atom. The van der Waals surface area contributed by atoms with Crippen LogP contribution in [0.25, 0.3) is 0 Å². The Morgan fingerprint density at radius 3 is 2.31 bits per heavy atom. The van der Waals surface area contributed by atoms with Crippen LogP contribution >= 0.6 is 0 Å². The van der Waals surface area contributed by atoms with E-state index >= 15 is 0 Å². The molecule has 0 aliphatic carbocycles. The average Bonchev–Trinajstić information content (AvgIpc) is 2.15. The highest BCUT2D eigenvalue weighted by molar-refractivity contribution is 6.36. The normalized spacial score (nSPS) is 15.5. The SMILES string of the molecule is CCOB(OF)OC(C)C(C)OC. The van der Waals surface area contributed by atoms with Gasteiger partial charge in [-0.05, 0) is 20.8 Å². The van der Waals surface area contributed by atoms with Gasteiger partial charge in [-0.3, -0.25) is 0 Å². The van der Waals surface area contributed by atoms with Crippen molar-refractivity contribution in [3.8, 4) is 0 Å². The molecule has 0 aliphatic heterocycles. The number of methoxy groups -OCH3 is 1. The van der Waals surface area contributed by atoms with Crippen molar-refractivity contribution in [3.63, 3.8) is 0 Å². The van der Waals surface area contributed by atoms with E-state index in [4.69, 9.17) is 14.0 Å². The second kappa shape index (κ2) is 7.26. The summed E-state index contributed by atoms with van der Waals surface area (Å²) in [4.78, 5) is 3.46. The molecular formula is C7H16BFO4. The van der Waals surface area contributed by atoms with Gasteiger partial charge in [0, 0.05) is 13.7 Å². The third-order valence-electron chi connectivity index (χ3n) is 1.73. The maximum Gasteiger partial charge on any atom is 0.672 e. The first-order valence-corrected chi connectivity index (χ1v) is 4.22. The van der Waals surface area contributed by atoms with E-state index in [0.29, 0.717) is 6.61 Å². The van der Waals surface area contributed by atoms with Gasteiger partial charge in [0.1, 0.15) is 0 Å². The molecule has 78 valence electrons. The molecule has 13 heavy (non-hydrogen) atoms. The van der Waals surface area contributed by atoms with Crippen LogP contribution in [-0.4, -0.2) is 33.2 Å². The lowest BCUT2D eigenvalue weighted by Gasteiger charge is -2.20. The molecule has 0 saturated carbocycles. The van der Waals surface area contributed by atoms with Crippen LogP contribution in [0.15, 0.2) is 0 Å². The van der Waals surface area contributed by atoms with Gasteiger partial charge in [-0.2, -0.15) is 4.86 Å². The van der Waals surface area contributed by atoms with Crippen molar-refractivity contribution in [2.24, 2.45) is 0 Å². The highest BCUT2D eigenvalue weighted by Crippen LogP contribution is 2.05. The summed E-state index contributed by atoms with van der Waals surface area (Å²) in [5.74, 6) is 0. The standard InChI is InChI=1S/C7H16BFO4/c1-5-11-8(13-9)12-7(3)6(2)10-4/h6-7H,5H2,1-4H3. The van der Waals surface area contributed by atoms with Crippen molar-refractivity contribution in [1.82, 2.24) is 0 Å². The minimum absolute atomic E-state index is 0.141. The zero-order valence-electron chi connectivity index (χ0n) is 8.45. The van der Waals surface area contributed by atoms with Crippen molar-refractivity contribution in [2.75, 3.05) is 13.7 Å². The fraction of sp³-hybridized carbons (Fsp3) is 1.00. The van der Waals surface area contributed by atoms with Gasteiger partial charge in [0.25, 0.3) is 0 Å². The maximum atomic E-state index is 11.8. The van der Waals surface area contributed by atoms with Crippen molar-refractivity contribution in [1.29, 1.82) is 0 Å². The molecule has 0 N–H and O–H groups in total. The average molecular weight is 194 g/mol. The van der Waals surface area contributed by atoms with Gasteiger partial charge >= 0.3 is 7.32 Å². The van der Waals surface area contributed by atoms with Gasteiger partial charge in [-0.25, -0.2) is 0 Å². The number of ether oxygens (including phenoxy) is 1. The van der Waals surface area contributed by atoms with Gasteiger partial charge in [0.05, 0.1) is 12.2 Å². The minimum atomic E-state index is -1.27. The van der Waals surface area contributed by atoms with Crippen molar-refractivity contribution in [3.05, 3.63) is 0 Å². The molecular weight excluding hydrogens is 178 g/mol. The summed E-state index contributed by atoms with van der Waals surface area (Å²) in [5, 5.41) is 0. The molecule has 0 spiro atoms. The molecule has 0 aromatic rings. The Balaban J connectivity index is 3.78. The number of halogens is 1. The maximum absolute atomic E-state index is 11.8. The van der Waals surface area contributed by atoms with Crippen LogP contribution in [0.5, 0.6) is 0 Å². The Kier molecular flexibility index (Phi) is 7.17. The van der Waals surface area contributed by atoms with Crippen LogP contribution in [0, 0.1) is 0 Å². The summed E-state index contributed by atoms with van der Waals surface area (Å²) in [6.07, 6.45) is -0.435. The topological polar surface area (TPSA) is 36.9 Å². The third kappa shape index (κ3) is 5.20. The van der Waals surface area contributed by atoms with E-state index in [1.807, 2.05) is 6.92 Å². The molecule has 6 heteroatoms. The Labute approximate surface area is 78.4 Å². The number of rotatable bonds is 7. The summed E-state index contributed by atoms with van der Waals surface area (Å²) < 4.78 is 26.6. The molecule has 0 bridgehead atoms. The van der Waals surface area contributed by atoms with Gasteiger partial charge in [-0.15, -0.1) is 0 Å². The van der Waals surface area contributed by atoms with E-state index in [2.05, 4.69) is 4.86 Å². The Hall–Kier alpha value is -0.165. The van der Waals surface area contributed by atoms with Gasteiger partial charge in [0.15, 0.2) is 0 Å². The van der Waals surface area contributed by atoms with Crippen molar-refractivity contribution in [2.45, 2.75) is 33.0 Å². The molecule has 0 heterocycles. The molecule has 2 atom stereocenters. The Morgan fingerprint density at radius 1 is 1.31 bits per heavy atom. The first kappa shape index (κ1) is 12.8. The zero-order valence-corrected chi connectivity index (χ0v) is 8.45. The Bertz CT molecular complexity index is 127. The van der Waals surface area contributed by atoms with Crippen LogP contribution in [0.1, 0.15) is 20.8 Å². The molecule has 0 aromatic carbocycles. The lowest BCUT2D eigenvalue weighted by molar-refractivity contribution is -0.0976. The summed E-state index contributed by atoms with van der Waals surface area (Å²) in [6, 6.07) is 0. The molecule has 0 fully saturated rings. The fourth-order valence-corrected chi connectivity index (χ4v) is 0.700. The van der Waals surface area contributed by atoms with Crippen LogP contribution < -0.4 is 0 Å². The molecule has 0 saturated heterocycles. The number of hydrogen-bond donors (Lipinski definition) is 0. The molecule has 0 rings (SSSR count). The van der Waals surface area contributed by atoms with Crippen LogP contribution in [0.4, 0.5) is 4.53 Å². The lowest BCUT2D eigenvalue weighted by atomic mass is 10.2. The number of hydrogen-bond acceptors (Lipinski definition) is 4. The predicted molar refractivity (Wildman–Crippen MR) is 46.6 cm³/mol. The van der Waals surface area contributed by atoms with Crippen LogP contribution in [-0.2, 0) is 18.9 Å². The molecule has 0 radical (unpaired) electrons. The van der Waals surface area contributed by atoms with Gasteiger partial charge < -0.3 is 14.0 Å². The second-order valence-corrected chi connectivity index (χ2v) is 2.62.